The van der Waals surface area contributed by atoms with Crippen molar-refractivity contribution in [2.45, 2.75) is 17.6 Å². The topological polar surface area (TPSA) is 75.6 Å². The average molecular weight is 315 g/mol. The number of ether oxygens (including phenoxy) is 1. The van der Waals surface area contributed by atoms with Crippen LogP contribution in [0.2, 0.25) is 0 Å². The van der Waals surface area contributed by atoms with Gasteiger partial charge in [0.15, 0.2) is 0 Å². The quantitative estimate of drug-likeness (QED) is 0.870. The fraction of sp³-hybridized carbons (Fsp3) is 0.538. The van der Waals surface area contributed by atoms with Crippen molar-refractivity contribution < 1.29 is 19.4 Å². The Balaban J connectivity index is 1.95. The minimum absolute atomic E-state index is 0.0286. The SMILES string of the molecule is CSC1(CNC(=O)c2ccc(C(=O)O)s2)CCOCC1. The molecule has 20 heavy (non-hydrogen) atoms. The summed E-state index contributed by atoms with van der Waals surface area (Å²) < 4.78 is 5.39. The van der Waals surface area contributed by atoms with Crippen molar-refractivity contribution in [3.63, 3.8) is 0 Å². The first kappa shape index (κ1) is 15.3. The lowest BCUT2D eigenvalue weighted by atomic mass is 9.99. The van der Waals surface area contributed by atoms with Gasteiger partial charge in [-0.05, 0) is 31.2 Å². The highest BCUT2D eigenvalue weighted by Gasteiger charge is 2.32. The van der Waals surface area contributed by atoms with E-state index in [0.29, 0.717) is 11.4 Å². The van der Waals surface area contributed by atoms with E-state index in [0.717, 1.165) is 37.4 Å². The number of thioether (sulfide) groups is 1. The van der Waals surface area contributed by atoms with Crippen molar-refractivity contribution in [3.8, 4) is 0 Å². The zero-order valence-electron chi connectivity index (χ0n) is 11.2. The molecule has 1 aromatic heterocycles. The highest BCUT2D eigenvalue weighted by molar-refractivity contribution is 8.00. The number of carboxylic acid groups (broad SMARTS) is 1. The summed E-state index contributed by atoms with van der Waals surface area (Å²) in [6.45, 7) is 2.02. The maximum absolute atomic E-state index is 12.0. The predicted octanol–water partition coefficient (Wildman–Crippen LogP) is 2.09. The molecule has 2 heterocycles. The number of hydrogen-bond donors (Lipinski definition) is 2. The summed E-state index contributed by atoms with van der Waals surface area (Å²) in [5, 5.41) is 11.8. The van der Waals surface area contributed by atoms with Gasteiger partial charge in [-0.3, -0.25) is 4.79 Å². The molecule has 2 N–H and O–H groups in total. The van der Waals surface area contributed by atoms with Gasteiger partial charge in [-0.15, -0.1) is 11.3 Å². The Bertz CT molecular complexity index is 494. The lowest BCUT2D eigenvalue weighted by Crippen LogP contribution is -2.44. The average Bonchev–Trinajstić information content (AvgIpc) is 2.96. The largest absolute Gasteiger partial charge is 0.477 e. The van der Waals surface area contributed by atoms with Gasteiger partial charge in [0.25, 0.3) is 5.91 Å². The second-order valence-electron chi connectivity index (χ2n) is 4.65. The van der Waals surface area contributed by atoms with E-state index in [-0.39, 0.29) is 15.5 Å². The number of amides is 1. The highest BCUT2D eigenvalue weighted by atomic mass is 32.2. The fourth-order valence-corrected chi connectivity index (χ4v) is 3.65. The van der Waals surface area contributed by atoms with Crippen molar-refractivity contribution in [3.05, 3.63) is 21.9 Å². The molecule has 0 saturated carbocycles. The van der Waals surface area contributed by atoms with Gasteiger partial charge in [-0.2, -0.15) is 11.8 Å². The molecule has 1 aliphatic rings. The third-order valence-corrected chi connectivity index (χ3v) is 5.94. The van der Waals surface area contributed by atoms with Crippen LogP contribution in [-0.4, -0.2) is 47.7 Å². The van der Waals surface area contributed by atoms with Crippen LogP contribution in [0.4, 0.5) is 0 Å². The Hall–Kier alpha value is -1.05. The van der Waals surface area contributed by atoms with Gasteiger partial charge in [0, 0.05) is 24.5 Å². The van der Waals surface area contributed by atoms with E-state index < -0.39 is 5.97 Å². The zero-order valence-corrected chi connectivity index (χ0v) is 12.8. The fourth-order valence-electron chi connectivity index (χ4n) is 2.10. The van der Waals surface area contributed by atoms with E-state index >= 15 is 0 Å². The molecule has 2 rings (SSSR count). The number of aromatic carboxylic acids is 1. The van der Waals surface area contributed by atoms with Crippen molar-refractivity contribution in [2.24, 2.45) is 0 Å². The summed E-state index contributed by atoms with van der Waals surface area (Å²) in [6, 6.07) is 3.01. The molecule has 1 aliphatic heterocycles. The third-order valence-electron chi connectivity index (χ3n) is 3.45. The van der Waals surface area contributed by atoms with E-state index in [1.165, 1.54) is 6.07 Å². The number of carbonyl (C=O) groups is 2. The number of carboxylic acids is 1. The Morgan fingerprint density at radius 1 is 1.40 bits per heavy atom. The molecule has 0 radical (unpaired) electrons. The lowest BCUT2D eigenvalue weighted by Gasteiger charge is -2.35. The van der Waals surface area contributed by atoms with Crippen LogP contribution in [0.25, 0.3) is 0 Å². The summed E-state index contributed by atoms with van der Waals surface area (Å²) in [6.07, 6.45) is 3.88. The van der Waals surface area contributed by atoms with Crippen molar-refractivity contribution in [2.75, 3.05) is 26.0 Å². The molecular weight excluding hydrogens is 298 g/mol. The molecule has 7 heteroatoms. The van der Waals surface area contributed by atoms with E-state index in [4.69, 9.17) is 9.84 Å². The first-order valence-electron chi connectivity index (χ1n) is 6.30. The molecular formula is C13H17NO4S2. The first-order valence-corrected chi connectivity index (χ1v) is 8.35. The van der Waals surface area contributed by atoms with Gasteiger partial charge in [-0.25, -0.2) is 4.79 Å². The number of nitrogens with one attached hydrogen (secondary N) is 1. The third kappa shape index (κ3) is 3.53. The number of rotatable bonds is 5. The molecule has 1 fully saturated rings. The number of carbonyl (C=O) groups excluding carboxylic acids is 1. The normalized spacial score (nSPS) is 17.6. The van der Waals surface area contributed by atoms with E-state index in [1.807, 2.05) is 6.26 Å². The first-order chi connectivity index (χ1) is 9.56. The minimum Gasteiger partial charge on any atom is -0.477 e. The highest BCUT2D eigenvalue weighted by Crippen LogP contribution is 2.33. The molecule has 0 aromatic carbocycles. The molecule has 0 atom stereocenters. The molecule has 0 aliphatic carbocycles. The van der Waals surface area contributed by atoms with Gasteiger partial charge in [0.1, 0.15) is 4.88 Å². The van der Waals surface area contributed by atoms with Gasteiger partial charge in [-0.1, -0.05) is 0 Å². The maximum atomic E-state index is 12.0. The van der Waals surface area contributed by atoms with E-state index in [9.17, 15) is 9.59 Å². The molecule has 110 valence electrons. The van der Waals surface area contributed by atoms with Crippen LogP contribution in [0.3, 0.4) is 0 Å². The van der Waals surface area contributed by atoms with Gasteiger partial charge >= 0.3 is 5.97 Å². The van der Waals surface area contributed by atoms with Crippen LogP contribution in [0.15, 0.2) is 12.1 Å². The predicted molar refractivity (Wildman–Crippen MR) is 79.9 cm³/mol. The van der Waals surface area contributed by atoms with Crippen molar-refractivity contribution >= 4 is 35.0 Å². The molecule has 0 unspecified atom stereocenters. The van der Waals surface area contributed by atoms with Crippen LogP contribution in [-0.2, 0) is 4.74 Å². The smallest absolute Gasteiger partial charge is 0.345 e. The molecule has 1 aromatic rings. The lowest BCUT2D eigenvalue weighted by molar-refractivity contribution is 0.0702. The second-order valence-corrected chi connectivity index (χ2v) is 7.01. The van der Waals surface area contributed by atoms with Crippen LogP contribution < -0.4 is 5.32 Å². The van der Waals surface area contributed by atoms with Crippen LogP contribution in [0, 0.1) is 0 Å². The van der Waals surface area contributed by atoms with Gasteiger partial charge < -0.3 is 15.2 Å². The summed E-state index contributed by atoms with van der Waals surface area (Å²) in [5.74, 6) is -1.21. The Morgan fingerprint density at radius 2 is 2.05 bits per heavy atom. The van der Waals surface area contributed by atoms with E-state index in [2.05, 4.69) is 5.32 Å². The number of hydrogen-bond acceptors (Lipinski definition) is 5. The van der Waals surface area contributed by atoms with Crippen molar-refractivity contribution in [1.82, 2.24) is 5.32 Å². The van der Waals surface area contributed by atoms with Gasteiger partial charge in [0.2, 0.25) is 0 Å². The standard InChI is InChI=1S/C13H17NO4S2/c1-19-13(4-6-18-7-5-13)8-14-11(15)9-2-3-10(20-9)12(16)17/h2-3H,4-8H2,1H3,(H,14,15)(H,16,17). The molecule has 5 nitrogen and oxygen atoms in total. The van der Waals surface area contributed by atoms with Crippen LogP contribution in [0.1, 0.15) is 32.2 Å². The zero-order chi connectivity index (χ0) is 14.6. The summed E-state index contributed by atoms with van der Waals surface area (Å²) in [4.78, 5) is 23.5. The Labute approximate surface area is 125 Å². The van der Waals surface area contributed by atoms with Gasteiger partial charge in [0.05, 0.1) is 4.88 Å². The van der Waals surface area contributed by atoms with E-state index in [1.54, 1.807) is 17.8 Å². The van der Waals surface area contributed by atoms with Crippen LogP contribution in [0.5, 0.6) is 0 Å². The van der Waals surface area contributed by atoms with Crippen LogP contribution >= 0.6 is 23.1 Å². The maximum Gasteiger partial charge on any atom is 0.345 e. The summed E-state index contributed by atoms with van der Waals surface area (Å²) >= 11 is 2.75. The molecule has 0 spiro atoms. The minimum atomic E-state index is -1.00. The van der Waals surface area contributed by atoms with Crippen molar-refractivity contribution in [1.29, 1.82) is 0 Å². The Morgan fingerprint density at radius 3 is 2.60 bits per heavy atom. The molecule has 1 saturated heterocycles. The number of thiophene rings is 1. The molecule has 0 bridgehead atoms. The summed E-state index contributed by atoms with van der Waals surface area (Å²) in [5.41, 5.74) is 0. The summed E-state index contributed by atoms with van der Waals surface area (Å²) in [7, 11) is 0. The second kappa shape index (κ2) is 6.60. The molecule has 1 amide bonds. The monoisotopic (exact) mass is 315 g/mol. The Kier molecular flexibility index (Phi) is 5.06.